The van der Waals surface area contributed by atoms with E-state index < -0.39 is 0 Å². The summed E-state index contributed by atoms with van der Waals surface area (Å²) in [6, 6.07) is 6.62. The van der Waals surface area contributed by atoms with Gasteiger partial charge in [-0.2, -0.15) is 11.8 Å². The summed E-state index contributed by atoms with van der Waals surface area (Å²) >= 11 is 1.87. The third-order valence-electron chi connectivity index (χ3n) is 3.05. The molecule has 0 unspecified atom stereocenters. The molecule has 1 aromatic carbocycles. The Morgan fingerprint density at radius 2 is 2.00 bits per heavy atom. The molecule has 0 radical (unpaired) electrons. The second kappa shape index (κ2) is 10.5. The number of hydrogen-bond donors (Lipinski definition) is 1. The second-order valence-electron chi connectivity index (χ2n) is 4.92. The average Bonchev–Trinajstić information content (AvgIpc) is 2.48. The van der Waals surface area contributed by atoms with Crippen molar-refractivity contribution in [2.24, 2.45) is 4.99 Å². The van der Waals surface area contributed by atoms with Crippen LogP contribution in [0.3, 0.4) is 0 Å². The molecular formula is C16H26FN3S. The van der Waals surface area contributed by atoms with Crippen molar-refractivity contribution in [3.05, 3.63) is 35.6 Å². The van der Waals surface area contributed by atoms with Gasteiger partial charge in [0.2, 0.25) is 0 Å². The van der Waals surface area contributed by atoms with Gasteiger partial charge in [0.05, 0.1) is 0 Å². The monoisotopic (exact) mass is 311 g/mol. The van der Waals surface area contributed by atoms with E-state index in [4.69, 9.17) is 0 Å². The van der Waals surface area contributed by atoms with Crippen LogP contribution in [0.2, 0.25) is 0 Å². The van der Waals surface area contributed by atoms with E-state index in [1.807, 2.05) is 30.9 Å². The molecule has 1 N–H and O–H groups in total. The van der Waals surface area contributed by atoms with Crippen LogP contribution in [-0.2, 0) is 6.54 Å². The molecule has 3 nitrogen and oxygen atoms in total. The van der Waals surface area contributed by atoms with Crippen LogP contribution >= 0.6 is 11.8 Å². The van der Waals surface area contributed by atoms with E-state index in [9.17, 15) is 4.39 Å². The predicted molar refractivity (Wildman–Crippen MR) is 91.5 cm³/mol. The summed E-state index contributed by atoms with van der Waals surface area (Å²) < 4.78 is 12.9. The zero-order valence-corrected chi connectivity index (χ0v) is 14.0. The number of aliphatic imine (C=N–C) groups is 1. The van der Waals surface area contributed by atoms with Gasteiger partial charge in [0, 0.05) is 26.7 Å². The lowest BCUT2D eigenvalue weighted by atomic mass is 10.2. The van der Waals surface area contributed by atoms with Gasteiger partial charge >= 0.3 is 0 Å². The lowest BCUT2D eigenvalue weighted by Crippen LogP contribution is -2.38. The van der Waals surface area contributed by atoms with Crippen molar-refractivity contribution in [1.29, 1.82) is 0 Å². The normalized spacial score (nSPS) is 11.5. The highest BCUT2D eigenvalue weighted by Crippen LogP contribution is 2.06. The minimum Gasteiger partial charge on any atom is -0.357 e. The van der Waals surface area contributed by atoms with Crippen molar-refractivity contribution in [2.45, 2.75) is 26.3 Å². The molecule has 21 heavy (non-hydrogen) atoms. The molecule has 0 saturated heterocycles. The van der Waals surface area contributed by atoms with Crippen molar-refractivity contribution in [3.8, 4) is 0 Å². The Morgan fingerprint density at radius 3 is 2.62 bits per heavy atom. The van der Waals surface area contributed by atoms with Gasteiger partial charge in [-0.1, -0.05) is 12.1 Å². The van der Waals surface area contributed by atoms with Crippen LogP contribution in [0.1, 0.15) is 25.3 Å². The van der Waals surface area contributed by atoms with E-state index in [0.717, 1.165) is 37.6 Å². The zero-order chi connectivity index (χ0) is 15.5. The summed E-state index contributed by atoms with van der Waals surface area (Å²) in [6.45, 7) is 4.47. The van der Waals surface area contributed by atoms with Gasteiger partial charge in [-0.3, -0.25) is 4.99 Å². The maximum atomic E-state index is 12.9. The molecule has 1 rings (SSSR count). The van der Waals surface area contributed by atoms with Crippen LogP contribution in [0.25, 0.3) is 0 Å². The quantitative estimate of drug-likeness (QED) is 0.453. The third kappa shape index (κ3) is 7.37. The van der Waals surface area contributed by atoms with Crippen LogP contribution in [0.4, 0.5) is 4.39 Å². The first-order chi connectivity index (χ1) is 10.2. The molecule has 0 aliphatic rings. The molecule has 0 spiro atoms. The van der Waals surface area contributed by atoms with E-state index in [1.54, 1.807) is 0 Å². The molecule has 0 bridgehead atoms. The van der Waals surface area contributed by atoms with Gasteiger partial charge in [-0.15, -0.1) is 0 Å². The summed E-state index contributed by atoms with van der Waals surface area (Å²) in [6.07, 6.45) is 4.44. The highest BCUT2D eigenvalue weighted by atomic mass is 32.2. The fourth-order valence-electron chi connectivity index (χ4n) is 1.95. The van der Waals surface area contributed by atoms with E-state index in [2.05, 4.69) is 28.4 Å². The van der Waals surface area contributed by atoms with Gasteiger partial charge in [0.1, 0.15) is 5.82 Å². The molecule has 0 aromatic heterocycles. The highest BCUT2D eigenvalue weighted by molar-refractivity contribution is 7.98. The number of guanidine groups is 1. The molecule has 0 aliphatic carbocycles. The van der Waals surface area contributed by atoms with Crippen LogP contribution in [0, 0.1) is 5.82 Å². The van der Waals surface area contributed by atoms with Crippen LogP contribution in [0.15, 0.2) is 29.3 Å². The maximum absolute atomic E-state index is 12.9. The maximum Gasteiger partial charge on any atom is 0.193 e. The Bertz CT molecular complexity index is 420. The van der Waals surface area contributed by atoms with Gasteiger partial charge < -0.3 is 10.2 Å². The average molecular weight is 311 g/mol. The van der Waals surface area contributed by atoms with Gasteiger partial charge in [-0.05, 0) is 49.5 Å². The molecule has 1 aromatic rings. The number of halogens is 1. The summed E-state index contributed by atoms with van der Waals surface area (Å²) in [5.74, 6) is 1.90. The Labute approximate surface area is 132 Å². The Morgan fingerprint density at radius 1 is 1.29 bits per heavy atom. The van der Waals surface area contributed by atoms with E-state index in [0.29, 0.717) is 0 Å². The molecular weight excluding hydrogens is 285 g/mol. The highest BCUT2D eigenvalue weighted by Gasteiger charge is 2.06. The summed E-state index contributed by atoms with van der Waals surface area (Å²) in [5, 5.41) is 3.30. The Balaban J connectivity index is 2.53. The van der Waals surface area contributed by atoms with Gasteiger partial charge in [0.15, 0.2) is 5.96 Å². The number of hydrogen-bond acceptors (Lipinski definition) is 2. The number of unbranched alkanes of at least 4 members (excludes halogenated alkanes) is 1. The molecule has 0 saturated carbocycles. The Kier molecular flexibility index (Phi) is 8.90. The standard InChI is InChI=1S/C16H26FN3S/c1-4-18-16(19-11-5-6-12-21-3)20(2)13-14-7-9-15(17)10-8-14/h7-10H,4-6,11-13H2,1-3H3,(H,18,19). The van der Waals surface area contributed by atoms with Crippen molar-refractivity contribution in [2.75, 3.05) is 32.1 Å². The molecule has 5 heteroatoms. The SMILES string of the molecule is CCNC(=NCCCCSC)N(C)Cc1ccc(F)cc1. The number of benzene rings is 1. The van der Waals surface area contributed by atoms with Gasteiger partial charge in [0.25, 0.3) is 0 Å². The number of nitrogens with one attached hydrogen (secondary N) is 1. The molecule has 0 heterocycles. The van der Waals surface area contributed by atoms with Crippen LogP contribution in [0.5, 0.6) is 0 Å². The Hall–Kier alpha value is -1.23. The van der Waals surface area contributed by atoms with E-state index in [-0.39, 0.29) is 5.82 Å². The fourth-order valence-corrected chi connectivity index (χ4v) is 2.44. The zero-order valence-electron chi connectivity index (χ0n) is 13.2. The number of thioether (sulfide) groups is 1. The van der Waals surface area contributed by atoms with E-state index in [1.165, 1.54) is 24.3 Å². The first-order valence-electron chi connectivity index (χ1n) is 7.40. The number of rotatable bonds is 8. The van der Waals surface area contributed by atoms with E-state index >= 15 is 0 Å². The van der Waals surface area contributed by atoms with Crippen LogP contribution < -0.4 is 5.32 Å². The molecule has 0 fully saturated rings. The van der Waals surface area contributed by atoms with Crippen molar-refractivity contribution in [3.63, 3.8) is 0 Å². The van der Waals surface area contributed by atoms with Crippen molar-refractivity contribution in [1.82, 2.24) is 10.2 Å². The molecule has 118 valence electrons. The fraction of sp³-hybridized carbons (Fsp3) is 0.562. The van der Waals surface area contributed by atoms with Crippen molar-refractivity contribution >= 4 is 17.7 Å². The lowest BCUT2D eigenvalue weighted by Gasteiger charge is -2.22. The smallest absolute Gasteiger partial charge is 0.193 e. The van der Waals surface area contributed by atoms with Crippen molar-refractivity contribution < 1.29 is 4.39 Å². The predicted octanol–water partition coefficient (Wildman–Crippen LogP) is 3.37. The third-order valence-corrected chi connectivity index (χ3v) is 3.74. The first-order valence-corrected chi connectivity index (χ1v) is 8.79. The minimum atomic E-state index is -0.198. The summed E-state index contributed by atoms with van der Waals surface area (Å²) in [5.41, 5.74) is 1.08. The summed E-state index contributed by atoms with van der Waals surface area (Å²) in [7, 11) is 2.01. The topological polar surface area (TPSA) is 27.6 Å². The molecule has 0 aliphatic heterocycles. The molecule has 0 amide bonds. The number of nitrogens with zero attached hydrogens (tertiary/aromatic N) is 2. The summed E-state index contributed by atoms with van der Waals surface area (Å²) in [4.78, 5) is 6.72. The van der Waals surface area contributed by atoms with Crippen LogP contribution in [-0.4, -0.2) is 43.0 Å². The molecule has 0 atom stereocenters. The van der Waals surface area contributed by atoms with Gasteiger partial charge in [-0.25, -0.2) is 4.39 Å². The minimum absolute atomic E-state index is 0.198. The first kappa shape index (κ1) is 17.8. The largest absolute Gasteiger partial charge is 0.357 e. The lowest BCUT2D eigenvalue weighted by molar-refractivity contribution is 0.476. The second-order valence-corrected chi connectivity index (χ2v) is 5.90.